The number of carbonyl (C=O) groups is 1. The van der Waals surface area contributed by atoms with E-state index in [0.29, 0.717) is 22.5 Å². The second kappa shape index (κ2) is 10.6. The summed E-state index contributed by atoms with van der Waals surface area (Å²) in [6.45, 7) is 0.188. The van der Waals surface area contributed by atoms with E-state index in [1.807, 2.05) is 24.3 Å². The average Bonchev–Trinajstić information content (AvgIpc) is 3.35. The molecule has 0 fully saturated rings. The number of aromatic nitrogens is 3. The van der Waals surface area contributed by atoms with E-state index in [0.717, 1.165) is 22.9 Å². The zero-order valence-corrected chi connectivity index (χ0v) is 20.4. The van der Waals surface area contributed by atoms with Crippen LogP contribution in [0.3, 0.4) is 0 Å². The van der Waals surface area contributed by atoms with Crippen molar-refractivity contribution in [2.45, 2.75) is 25.6 Å². The molecule has 0 radical (unpaired) electrons. The number of alkyl halides is 3. The van der Waals surface area contributed by atoms with Crippen molar-refractivity contribution in [2.24, 2.45) is 10.9 Å². The number of amides is 1. The number of carbonyl (C=O) groups excluding carboxylic acids is 1. The van der Waals surface area contributed by atoms with Gasteiger partial charge in [0.05, 0.1) is 11.9 Å². The van der Waals surface area contributed by atoms with Gasteiger partial charge in [-0.1, -0.05) is 24.3 Å². The Morgan fingerprint density at radius 1 is 1.10 bits per heavy atom. The lowest BCUT2D eigenvalue weighted by Crippen LogP contribution is -2.37. The zero-order chi connectivity index (χ0) is 27.6. The number of nitrogens with zero attached hydrogens (tertiary/aromatic N) is 3. The molecule has 5 rings (SSSR count). The van der Waals surface area contributed by atoms with Crippen LogP contribution in [0.5, 0.6) is 0 Å². The van der Waals surface area contributed by atoms with Crippen LogP contribution in [0, 0.1) is 11.7 Å². The lowest BCUT2D eigenvalue weighted by Gasteiger charge is -2.26. The fourth-order valence-corrected chi connectivity index (χ4v) is 4.39. The number of nitrogens with two attached hydrogens (primary N) is 1. The molecule has 1 atom stereocenters. The van der Waals surface area contributed by atoms with E-state index in [1.54, 1.807) is 6.20 Å². The number of anilines is 2. The normalized spacial score (nSPS) is 16.7. The number of aromatic amines is 1. The predicted octanol–water partition coefficient (Wildman–Crippen LogP) is 5.33. The van der Waals surface area contributed by atoms with E-state index in [4.69, 9.17) is 5.73 Å². The van der Waals surface area contributed by atoms with Gasteiger partial charge in [-0.05, 0) is 41.8 Å². The smallest absolute Gasteiger partial charge is 0.383 e. The summed E-state index contributed by atoms with van der Waals surface area (Å²) >= 11 is 0. The monoisotopic (exact) mass is 537 g/mol. The van der Waals surface area contributed by atoms with E-state index < -0.39 is 35.8 Å². The van der Waals surface area contributed by atoms with Gasteiger partial charge in [-0.3, -0.25) is 9.79 Å². The van der Waals surface area contributed by atoms with Gasteiger partial charge in [0.1, 0.15) is 29.4 Å². The molecular formula is C27H23F4N7O. The Hall–Kier alpha value is -4.74. The first-order valence-electron chi connectivity index (χ1n) is 12.0. The standard InChI is InChI=1S/C27H23F4N7O/c28-19-5-7-20(8-6-19)38-22(39)10-17-9-18(27(29,30)31)12-34-25(17)33-11-15-1-3-16(4-2-15)21-13-35-26-23(21)24(32)36-14-37-26/h1-8,12-14,17H,9-11H2,(H,33,34)(H,38,39)(H3,32,35,36,37). The number of halogens is 4. The fourth-order valence-electron chi connectivity index (χ4n) is 4.39. The number of nitrogen functional groups attached to an aromatic ring is 1. The molecule has 3 heterocycles. The maximum Gasteiger partial charge on any atom is 0.414 e. The largest absolute Gasteiger partial charge is 0.414 e. The van der Waals surface area contributed by atoms with Crippen molar-refractivity contribution in [2.75, 3.05) is 11.1 Å². The summed E-state index contributed by atoms with van der Waals surface area (Å²) < 4.78 is 53.3. The van der Waals surface area contributed by atoms with Crippen molar-refractivity contribution < 1.29 is 22.4 Å². The van der Waals surface area contributed by atoms with Gasteiger partial charge in [0, 0.05) is 41.6 Å². The minimum absolute atomic E-state index is 0.188. The van der Waals surface area contributed by atoms with Crippen LogP contribution in [-0.2, 0) is 11.3 Å². The van der Waals surface area contributed by atoms with Gasteiger partial charge in [-0.2, -0.15) is 13.2 Å². The Labute approximate surface area is 220 Å². The third-order valence-corrected chi connectivity index (χ3v) is 6.37. The molecule has 0 saturated carbocycles. The van der Waals surface area contributed by atoms with Gasteiger partial charge in [-0.25, -0.2) is 14.4 Å². The third-order valence-electron chi connectivity index (χ3n) is 6.37. The summed E-state index contributed by atoms with van der Waals surface area (Å²) in [4.78, 5) is 28.4. The zero-order valence-electron chi connectivity index (χ0n) is 20.4. The van der Waals surface area contributed by atoms with Gasteiger partial charge in [0.25, 0.3) is 0 Å². The number of nitrogens with one attached hydrogen (secondary N) is 3. The number of allylic oxidation sites excluding steroid dienone is 1. The fraction of sp³-hybridized carbons (Fsp3) is 0.185. The molecule has 1 amide bonds. The molecule has 0 aliphatic carbocycles. The number of benzene rings is 2. The molecule has 4 aromatic rings. The Bertz CT molecular complexity index is 1560. The molecule has 1 unspecified atom stereocenters. The molecule has 1 aliphatic rings. The van der Waals surface area contributed by atoms with Crippen LogP contribution in [0.25, 0.3) is 22.2 Å². The van der Waals surface area contributed by atoms with E-state index in [2.05, 4.69) is 30.6 Å². The lowest BCUT2D eigenvalue weighted by atomic mass is 9.91. The number of hydrogen-bond donors (Lipinski definition) is 4. The molecule has 200 valence electrons. The quantitative estimate of drug-likeness (QED) is 0.248. The highest BCUT2D eigenvalue weighted by Gasteiger charge is 2.38. The summed E-state index contributed by atoms with van der Waals surface area (Å²) in [5, 5.41) is 5.94. The minimum atomic E-state index is -4.53. The maximum atomic E-state index is 13.4. The van der Waals surface area contributed by atoms with Gasteiger partial charge in [0.15, 0.2) is 0 Å². The van der Waals surface area contributed by atoms with E-state index in [-0.39, 0.29) is 18.8 Å². The molecule has 0 saturated heterocycles. The number of fused-ring (bicyclic) bond motifs is 1. The topological polar surface area (TPSA) is 121 Å². The van der Waals surface area contributed by atoms with Crippen molar-refractivity contribution >= 4 is 34.3 Å². The summed E-state index contributed by atoms with van der Waals surface area (Å²) in [7, 11) is 0. The summed E-state index contributed by atoms with van der Waals surface area (Å²) in [5.41, 5.74) is 8.75. The molecular weight excluding hydrogens is 514 g/mol. The SMILES string of the molecule is Nc1ncnc2[nH]cc(-c3ccc(CN=C4NC=C(C(F)(F)F)CC4CC(=O)Nc4ccc(F)cc4)cc3)c12. The number of hydrogen-bond acceptors (Lipinski definition) is 5. The summed E-state index contributed by atoms with van der Waals surface area (Å²) in [6, 6.07) is 12.6. The molecule has 0 spiro atoms. The van der Waals surface area contributed by atoms with E-state index in [9.17, 15) is 22.4 Å². The number of rotatable bonds is 6. The van der Waals surface area contributed by atoms with E-state index >= 15 is 0 Å². The lowest BCUT2D eigenvalue weighted by molar-refractivity contribution is -0.117. The summed E-state index contributed by atoms with van der Waals surface area (Å²) in [5.74, 6) is -1.15. The van der Waals surface area contributed by atoms with Crippen LogP contribution in [0.1, 0.15) is 18.4 Å². The average molecular weight is 538 g/mol. The first-order valence-corrected chi connectivity index (χ1v) is 12.0. The van der Waals surface area contributed by atoms with Crippen molar-refractivity contribution in [3.63, 3.8) is 0 Å². The molecule has 8 nitrogen and oxygen atoms in total. The van der Waals surface area contributed by atoms with Crippen molar-refractivity contribution in [1.82, 2.24) is 20.3 Å². The highest BCUT2D eigenvalue weighted by molar-refractivity contribution is 6.00. The summed E-state index contributed by atoms with van der Waals surface area (Å²) in [6.07, 6.45) is -1.10. The Balaban J connectivity index is 1.32. The Morgan fingerprint density at radius 2 is 1.85 bits per heavy atom. The van der Waals surface area contributed by atoms with Crippen LogP contribution in [0.2, 0.25) is 0 Å². The maximum absolute atomic E-state index is 13.4. The van der Waals surface area contributed by atoms with Gasteiger partial charge in [0.2, 0.25) is 5.91 Å². The molecule has 5 N–H and O–H groups in total. The highest BCUT2D eigenvalue weighted by Crippen LogP contribution is 2.34. The molecule has 1 aliphatic heterocycles. The first-order chi connectivity index (χ1) is 18.7. The number of amidine groups is 1. The van der Waals surface area contributed by atoms with E-state index in [1.165, 1.54) is 30.6 Å². The van der Waals surface area contributed by atoms with Gasteiger partial charge in [-0.15, -0.1) is 0 Å². The van der Waals surface area contributed by atoms with Crippen LogP contribution < -0.4 is 16.4 Å². The number of H-pyrrole nitrogens is 1. The predicted molar refractivity (Wildman–Crippen MR) is 140 cm³/mol. The second-order valence-electron chi connectivity index (χ2n) is 9.06. The van der Waals surface area contributed by atoms with Crippen LogP contribution in [0.4, 0.5) is 29.1 Å². The number of aliphatic imine (C=N–C) groups is 1. The minimum Gasteiger partial charge on any atom is -0.383 e. The molecule has 2 aromatic carbocycles. The molecule has 0 bridgehead atoms. The highest BCUT2D eigenvalue weighted by atomic mass is 19.4. The van der Waals surface area contributed by atoms with Gasteiger partial charge >= 0.3 is 6.18 Å². The van der Waals surface area contributed by atoms with Crippen LogP contribution in [-0.4, -0.2) is 32.9 Å². The first kappa shape index (κ1) is 25.9. The van der Waals surface area contributed by atoms with Gasteiger partial charge < -0.3 is 21.4 Å². The van der Waals surface area contributed by atoms with Crippen molar-refractivity contribution in [1.29, 1.82) is 0 Å². The third kappa shape index (κ3) is 5.89. The Morgan fingerprint density at radius 3 is 2.56 bits per heavy atom. The molecule has 2 aromatic heterocycles. The Kier molecular flexibility index (Phi) is 7.01. The van der Waals surface area contributed by atoms with Crippen molar-refractivity contribution in [3.05, 3.63) is 84.2 Å². The van der Waals surface area contributed by atoms with Crippen molar-refractivity contribution in [3.8, 4) is 11.1 Å². The molecule has 39 heavy (non-hydrogen) atoms. The van der Waals surface area contributed by atoms with Crippen LogP contribution in [0.15, 0.2) is 77.8 Å². The van der Waals surface area contributed by atoms with Crippen LogP contribution >= 0.6 is 0 Å². The second-order valence-corrected chi connectivity index (χ2v) is 9.06. The molecule has 12 heteroatoms.